The van der Waals surface area contributed by atoms with Gasteiger partial charge in [0.15, 0.2) is 0 Å². The number of fused-ring (bicyclic) bond motifs is 4. The van der Waals surface area contributed by atoms with Crippen molar-refractivity contribution in [3.63, 3.8) is 0 Å². The van der Waals surface area contributed by atoms with Crippen LogP contribution in [0.25, 0.3) is 38.8 Å². The fourth-order valence-electron chi connectivity index (χ4n) is 7.62. The summed E-state index contributed by atoms with van der Waals surface area (Å²) < 4.78 is 4.28. The summed E-state index contributed by atoms with van der Waals surface area (Å²) in [6, 6.07) is 64.8. The smallest absolute Gasteiger partial charge is 0.145 e. The van der Waals surface area contributed by atoms with Gasteiger partial charge in [-0.3, -0.25) is 0 Å². The van der Waals surface area contributed by atoms with Crippen LogP contribution in [0.15, 0.2) is 176 Å². The summed E-state index contributed by atoms with van der Waals surface area (Å²) in [5.41, 5.74) is 10.2. The number of aromatic nitrogens is 4. The normalized spacial score (nSPS) is 12.2. The molecule has 0 amide bonds. The maximum Gasteiger partial charge on any atom is 0.145 e. The quantitative estimate of drug-likeness (QED) is 0.118. The molecular weight excluding hydrogens is 856 g/mol. The number of aryl methyl sites for hydroxylation is 1. The van der Waals surface area contributed by atoms with Crippen molar-refractivity contribution in [2.45, 2.75) is 0 Å². The number of pyridine rings is 1. The van der Waals surface area contributed by atoms with E-state index in [1.165, 1.54) is 0 Å². The molecular formula is C48H33N6Pt-3. The van der Waals surface area contributed by atoms with Gasteiger partial charge < -0.3 is 18.9 Å². The van der Waals surface area contributed by atoms with E-state index >= 15 is 0 Å². The molecule has 1 aliphatic heterocycles. The van der Waals surface area contributed by atoms with Gasteiger partial charge >= 0.3 is 0 Å². The first-order valence-corrected chi connectivity index (χ1v) is 18.0. The second-order valence-corrected chi connectivity index (χ2v) is 13.3. The van der Waals surface area contributed by atoms with Crippen molar-refractivity contribution < 1.29 is 21.1 Å². The van der Waals surface area contributed by atoms with E-state index in [2.05, 4.69) is 171 Å². The van der Waals surface area contributed by atoms with Crippen molar-refractivity contribution in [2.75, 3.05) is 9.80 Å². The van der Waals surface area contributed by atoms with Gasteiger partial charge in [-0.25, -0.2) is 9.97 Å². The SMILES string of the molecule is Cn1cnc2c1N(c1[c-]c(C(=C(c3ccccc3)c3ccccc3)c3[c-]c4c(cc3)c3ccccc3n4-c3ccccn3)ccc1)[CH-]N2c1ccccc1.[Pt]. The molecule has 4 heterocycles. The first-order chi connectivity index (χ1) is 26.7. The second kappa shape index (κ2) is 14.4. The summed E-state index contributed by atoms with van der Waals surface area (Å²) in [4.78, 5) is 13.9. The van der Waals surface area contributed by atoms with Gasteiger partial charge in [-0.1, -0.05) is 114 Å². The van der Waals surface area contributed by atoms with Crippen LogP contribution in [0.4, 0.5) is 23.0 Å². The maximum absolute atomic E-state index is 4.80. The Kier molecular flexibility index (Phi) is 8.97. The zero-order valence-electron chi connectivity index (χ0n) is 29.8. The molecule has 0 aliphatic carbocycles. The van der Waals surface area contributed by atoms with Crippen LogP contribution in [0, 0.1) is 18.8 Å². The molecule has 0 N–H and O–H groups in total. The Hall–Kier alpha value is -6.49. The standard InChI is InChI=1S/C48H33N6.Pt/c1-51-32-50-47-48(51)53(33-52(47)38-21-9-4-10-22-38)39-23-15-20-36(30-39)46(45(34-16-5-2-6-17-34)35-18-7-3-8-19-35)37-27-28-41-40-24-11-12-25-42(40)54(43(41)31-37)44-26-13-14-29-49-44;/h2-29,32-33H,1H3;/q-3;. The van der Waals surface area contributed by atoms with Crippen LogP contribution in [-0.2, 0) is 28.1 Å². The first kappa shape index (κ1) is 34.3. The molecule has 0 radical (unpaired) electrons. The predicted molar refractivity (Wildman–Crippen MR) is 219 cm³/mol. The topological polar surface area (TPSA) is 42.1 Å². The molecule has 10 rings (SSSR count). The molecule has 0 unspecified atom stereocenters. The summed E-state index contributed by atoms with van der Waals surface area (Å²) in [5.74, 6) is 2.69. The number of hydrogen-bond donors (Lipinski definition) is 0. The predicted octanol–water partition coefficient (Wildman–Crippen LogP) is 10.9. The van der Waals surface area contributed by atoms with Crippen LogP contribution in [0.1, 0.15) is 22.3 Å². The van der Waals surface area contributed by atoms with Crippen LogP contribution in [0.3, 0.4) is 0 Å². The number of hydrogen-bond acceptors (Lipinski definition) is 4. The van der Waals surface area contributed by atoms with Crippen LogP contribution in [0.2, 0.25) is 0 Å². The molecule has 6 nitrogen and oxygen atoms in total. The average Bonchev–Trinajstić information content (AvgIpc) is 3.92. The van der Waals surface area contributed by atoms with Gasteiger partial charge in [0.25, 0.3) is 0 Å². The molecule has 55 heavy (non-hydrogen) atoms. The molecule has 0 fully saturated rings. The van der Waals surface area contributed by atoms with Crippen LogP contribution in [0.5, 0.6) is 0 Å². The van der Waals surface area contributed by atoms with Gasteiger partial charge in [0, 0.05) is 45.5 Å². The first-order valence-electron chi connectivity index (χ1n) is 18.0. The summed E-state index contributed by atoms with van der Waals surface area (Å²) in [6.07, 6.45) is 3.71. The zero-order valence-corrected chi connectivity index (χ0v) is 32.1. The maximum atomic E-state index is 4.80. The van der Waals surface area contributed by atoms with Crippen molar-refractivity contribution in [1.82, 2.24) is 19.1 Å². The number of imidazole rings is 1. The van der Waals surface area contributed by atoms with E-state index in [0.29, 0.717) is 0 Å². The molecule has 9 aromatic rings. The van der Waals surface area contributed by atoms with E-state index in [4.69, 9.17) is 9.97 Å². The molecule has 3 aromatic heterocycles. The van der Waals surface area contributed by atoms with E-state index in [9.17, 15) is 0 Å². The summed E-state index contributed by atoms with van der Waals surface area (Å²) >= 11 is 0. The zero-order chi connectivity index (χ0) is 36.0. The van der Waals surface area contributed by atoms with Gasteiger partial charge in [0.05, 0.1) is 6.33 Å². The molecule has 1 aliphatic rings. The number of nitrogens with zero attached hydrogens (tertiary/aromatic N) is 6. The summed E-state index contributed by atoms with van der Waals surface area (Å²) in [5, 5.41) is 2.28. The van der Waals surface area contributed by atoms with Gasteiger partial charge in [0.1, 0.15) is 17.5 Å². The Morgan fingerprint density at radius 2 is 1.24 bits per heavy atom. The molecule has 6 aromatic carbocycles. The minimum absolute atomic E-state index is 0. The summed E-state index contributed by atoms with van der Waals surface area (Å²) in [6.45, 7) is 2.10. The number of para-hydroxylation sites is 2. The van der Waals surface area contributed by atoms with Gasteiger partial charge in [0.2, 0.25) is 0 Å². The number of rotatable bonds is 7. The van der Waals surface area contributed by atoms with Crippen molar-refractivity contribution in [3.8, 4) is 5.82 Å². The average molecular weight is 889 g/mol. The van der Waals surface area contributed by atoms with E-state index in [1.54, 1.807) is 0 Å². The van der Waals surface area contributed by atoms with Crippen LogP contribution in [-0.4, -0.2) is 19.1 Å². The Morgan fingerprint density at radius 3 is 1.96 bits per heavy atom. The van der Waals surface area contributed by atoms with Gasteiger partial charge in [-0.15, -0.1) is 65.8 Å². The Morgan fingerprint density at radius 1 is 0.564 bits per heavy atom. The molecule has 0 bridgehead atoms. The minimum atomic E-state index is 0. The fourth-order valence-corrected chi connectivity index (χ4v) is 7.62. The third-order valence-electron chi connectivity index (χ3n) is 10.0. The van der Waals surface area contributed by atoms with Gasteiger partial charge in [-0.05, 0) is 57.9 Å². The number of benzene rings is 6. The molecule has 0 spiro atoms. The molecule has 0 atom stereocenters. The Bertz CT molecular complexity index is 2770. The van der Waals surface area contributed by atoms with E-state index in [0.717, 1.165) is 84.0 Å². The third-order valence-corrected chi connectivity index (χ3v) is 10.0. The van der Waals surface area contributed by atoms with E-state index in [-0.39, 0.29) is 21.1 Å². The minimum Gasteiger partial charge on any atom is -0.473 e. The summed E-state index contributed by atoms with van der Waals surface area (Å²) in [7, 11) is 2.03. The molecule has 0 saturated carbocycles. The Labute approximate surface area is 334 Å². The van der Waals surface area contributed by atoms with E-state index < -0.39 is 0 Å². The van der Waals surface area contributed by atoms with E-state index in [1.807, 2.05) is 49.9 Å². The van der Waals surface area contributed by atoms with Crippen molar-refractivity contribution in [3.05, 3.63) is 217 Å². The Balaban J connectivity index is 0.00000397. The monoisotopic (exact) mass is 888 g/mol. The van der Waals surface area contributed by atoms with Crippen molar-refractivity contribution in [1.29, 1.82) is 0 Å². The second-order valence-electron chi connectivity index (χ2n) is 13.3. The third kappa shape index (κ3) is 5.96. The molecule has 0 saturated heterocycles. The van der Waals surface area contributed by atoms with Gasteiger partial charge in [-0.2, -0.15) is 0 Å². The van der Waals surface area contributed by atoms with Crippen molar-refractivity contribution >= 4 is 56.0 Å². The van der Waals surface area contributed by atoms with Crippen LogP contribution < -0.4 is 9.80 Å². The molecule has 7 heteroatoms. The van der Waals surface area contributed by atoms with Crippen LogP contribution >= 0.6 is 0 Å². The largest absolute Gasteiger partial charge is 0.473 e. The molecule has 268 valence electrons. The number of anilines is 4. The fraction of sp³-hybridized carbons (Fsp3) is 0.0208. The van der Waals surface area contributed by atoms with Crippen molar-refractivity contribution in [2.24, 2.45) is 7.05 Å².